The molecular formula is C11H10FNOS. The maximum Gasteiger partial charge on any atom is 0.167 e. The normalized spacial score (nSPS) is 10.3. The highest BCUT2D eigenvalue weighted by atomic mass is 32.1. The number of rotatable bonds is 3. The molecule has 0 aliphatic rings. The third kappa shape index (κ3) is 2.33. The van der Waals surface area contributed by atoms with Crippen LogP contribution in [0.3, 0.4) is 0 Å². The van der Waals surface area contributed by atoms with Gasteiger partial charge in [0.2, 0.25) is 0 Å². The van der Waals surface area contributed by atoms with Crippen molar-refractivity contribution < 1.29 is 9.13 Å². The average molecular weight is 223 g/mol. The summed E-state index contributed by atoms with van der Waals surface area (Å²) in [5.41, 5.74) is 3.14. The number of thiazole rings is 1. The number of aromatic nitrogens is 1. The van der Waals surface area contributed by atoms with Gasteiger partial charge in [0.05, 0.1) is 11.2 Å². The number of hydrogen-bond donors (Lipinski definition) is 0. The van der Waals surface area contributed by atoms with Crippen molar-refractivity contribution in [3.63, 3.8) is 0 Å². The molecule has 0 saturated carbocycles. The number of benzene rings is 1. The molecule has 4 heteroatoms. The summed E-state index contributed by atoms with van der Waals surface area (Å²) in [6, 6.07) is 5.11. The minimum absolute atomic E-state index is 0.281. The summed E-state index contributed by atoms with van der Waals surface area (Å²) in [6.07, 6.45) is 0. The van der Waals surface area contributed by atoms with Crippen molar-refractivity contribution in [1.29, 1.82) is 0 Å². The van der Waals surface area contributed by atoms with Gasteiger partial charge in [-0.3, -0.25) is 0 Å². The van der Waals surface area contributed by atoms with Crippen molar-refractivity contribution in [1.82, 2.24) is 4.98 Å². The van der Waals surface area contributed by atoms with Gasteiger partial charge in [0, 0.05) is 5.38 Å². The molecule has 2 aromatic rings. The second-order valence-corrected chi connectivity index (χ2v) is 3.87. The molecule has 0 fully saturated rings. The third-order valence-corrected chi connectivity index (χ3v) is 2.65. The Kier molecular flexibility index (Phi) is 2.97. The summed E-state index contributed by atoms with van der Waals surface area (Å²) in [6.45, 7) is 2.02. The standard InChI is InChI=1S/C11H10FNOS/c1-8-3-2-4-10(11(8)12)14-5-9-6-15-7-13-9/h2-4,6-7H,5H2,1H3. The van der Waals surface area contributed by atoms with Crippen LogP contribution in [0, 0.1) is 12.7 Å². The zero-order chi connectivity index (χ0) is 10.7. The van der Waals surface area contributed by atoms with E-state index in [0.29, 0.717) is 12.2 Å². The van der Waals surface area contributed by atoms with E-state index in [1.165, 1.54) is 11.3 Å². The van der Waals surface area contributed by atoms with Crippen LogP contribution in [0.4, 0.5) is 4.39 Å². The summed E-state index contributed by atoms with van der Waals surface area (Å²) < 4.78 is 18.8. The lowest BCUT2D eigenvalue weighted by Gasteiger charge is -2.06. The number of ether oxygens (including phenoxy) is 1. The van der Waals surface area contributed by atoms with Gasteiger partial charge in [-0.1, -0.05) is 12.1 Å². The molecule has 0 spiro atoms. The Morgan fingerprint density at radius 2 is 2.33 bits per heavy atom. The Balaban J connectivity index is 2.08. The van der Waals surface area contributed by atoms with Gasteiger partial charge in [-0.25, -0.2) is 9.37 Å². The molecule has 1 heterocycles. The second kappa shape index (κ2) is 4.40. The first kappa shape index (κ1) is 10.1. The van der Waals surface area contributed by atoms with Crippen LogP contribution in [0.1, 0.15) is 11.3 Å². The number of hydrogen-bond acceptors (Lipinski definition) is 3. The quantitative estimate of drug-likeness (QED) is 0.797. The number of nitrogens with zero attached hydrogens (tertiary/aromatic N) is 1. The summed E-state index contributed by atoms with van der Waals surface area (Å²) in [5, 5.41) is 1.88. The van der Waals surface area contributed by atoms with Gasteiger partial charge in [0.1, 0.15) is 6.61 Å². The van der Waals surface area contributed by atoms with Crippen molar-refractivity contribution in [3.8, 4) is 5.75 Å². The molecular weight excluding hydrogens is 213 g/mol. The molecule has 2 rings (SSSR count). The van der Waals surface area contributed by atoms with Crippen molar-refractivity contribution in [2.45, 2.75) is 13.5 Å². The number of aryl methyl sites for hydroxylation is 1. The molecule has 0 unspecified atom stereocenters. The van der Waals surface area contributed by atoms with E-state index in [2.05, 4.69) is 4.98 Å². The molecule has 1 aromatic heterocycles. The Morgan fingerprint density at radius 3 is 3.07 bits per heavy atom. The van der Waals surface area contributed by atoms with Crippen molar-refractivity contribution in [3.05, 3.63) is 46.2 Å². The highest BCUT2D eigenvalue weighted by Crippen LogP contribution is 2.20. The highest BCUT2D eigenvalue weighted by molar-refractivity contribution is 7.07. The summed E-state index contributed by atoms with van der Waals surface area (Å²) in [5.74, 6) is -0.0178. The van der Waals surface area contributed by atoms with Crippen molar-refractivity contribution in [2.75, 3.05) is 0 Å². The first-order valence-electron chi connectivity index (χ1n) is 4.52. The molecule has 0 amide bonds. The smallest absolute Gasteiger partial charge is 0.167 e. The van der Waals surface area contributed by atoms with E-state index in [-0.39, 0.29) is 11.6 Å². The summed E-state index contributed by atoms with van der Waals surface area (Å²) >= 11 is 1.50. The molecule has 0 saturated heterocycles. The Bertz CT molecular complexity index is 442. The zero-order valence-corrected chi connectivity index (χ0v) is 9.05. The molecule has 0 aliphatic carbocycles. The lowest BCUT2D eigenvalue weighted by atomic mass is 10.2. The van der Waals surface area contributed by atoms with Gasteiger partial charge < -0.3 is 4.74 Å². The van der Waals surface area contributed by atoms with Crippen LogP contribution in [0.15, 0.2) is 29.1 Å². The van der Waals surface area contributed by atoms with Crippen molar-refractivity contribution in [2.24, 2.45) is 0 Å². The topological polar surface area (TPSA) is 22.1 Å². The molecule has 0 radical (unpaired) electrons. The fraction of sp³-hybridized carbons (Fsp3) is 0.182. The van der Waals surface area contributed by atoms with Gasteiger partial charge in [-0.05, 0) is 18.6 Å². The lowest BCUT2D eigenvalue weighted by Crippen LogP contribution is -1.98. The summed E-state index contributed by atoms with van der Waals surface area (Å²) in [7, 11) is 0. The maximum absolute atomic E-state index is 13.5. The molecule has 0 bridgehead atoms. The lowest BCUT2D eigenvalue weighted by molar-refractivity contribution is 0.286. The average Bonchev–Trinajstić information content (AvgIpc) is 2.73. The van der Waals surface area contributed by atoms with Gasteiger partial charge in [0.15, 0.2) is 11.6 Å². The number of halogens is 1. The SMILES string of the molecule is Cc1cccc(OCc2cscn2)c1F. The highest BCUT2D eigenvalue weighted by Gasteiger charge is 2.06. The van der Waals surface area contributed by atoms with Crippen LogP contribution >= 0.6 is 11.3 Å². The first-order valence-corrected chi connectivity index (χ1v) is 5.46. The van der Waals surface area contributed by atoms with Crippen molar-refractivity contribution >= 4 is 11.3 Å². The zero-order valence-electron chi connectivity index (χ0n) is 8.24. The van der Waals surface area contributed by atoms with Crippen LogP contribution in [0.2, 0.25) is 0 Å². The first-order chi connectivity index (χ1) is 7.27. The van der Waals surface area contributed by atoms with Crippen LogP contribution in [0.25, 0.3) is 0 Å². The monoisotopic (exact) mass is 223 g/mol. The van der Waals surface area contributed by atoms with Gasteiger partial charge in [0.25, 0.3) is 0 Å². The Hall–Kier alpha value is -1.42. The van der Waals surface area contributed by atoms with E-state index in [1.54, 1.807) is 30.6 Å². The molecule has 2 nitrogen and oxygen atoms in total. The van der Waals surface area contributed by atoms with E-state index in [4.69, 9.17) is 4.74 Å². The predicted octanol–water partition coefficient (Wildman–Crippen LogP) is 3.17. The van der Waals surface area contributed by atoms with E-state index in [0.717, 1.165) is 5.69 Å². The Morgan fingerprint density at radius 1 is 1.47 bits per heavy atom. The third-order valence-electron chi connectivity index (χ3n) is 2.02. The van der Waals surface area contributed by atoms with Gasteiger partial charge in [-0.2, -0.15) is 0 Å². The molecule has 1 aromatic carbocycles. The van der Waals surface area contributed by atoms with E-state index in [9.17, 15) is 4.39 Å². The molecule has 0 atom stereocenters. The minimum Gasteiger partial charge on any atom is -0.484 e. The predicted molar refractivity (Wildman–Crippen MR) is 57.6 cm³/mol. The molecule has 0 aliphatic heterocycles. The molecule has 78 valence electrons. The van der Waals surface area contributed by atoms with Gasteiger partial charge >= 0.3 is 0 Å². The maximum atomic E-state index is 13.5. The van der Waals surface area contributed by atoms with E-state index in [1.807, 2.05) is 5.38 Å². The largest absolute Gasteiger partial charge is 0.484 e. The summed E-state index contributed by atoms with van der Waals surface area (Å²) in [4.78, 5) is 4.05. The molecule has 15 heavy (non-hydrogen) atoms. The van der Waals surface area contributed by atoms with E-state index >= 15 is 0 Å². The molecule has 0 N–H and O–H groups in total. The second-order valence-electron chi connectivity index (χ2n) is 3.16. The fourth-order valence-corrected chi connectivity index (χ4v) is 1.74. The van der Waals surface area contributed by atoms with Crippen LogP contribution in [-0.2, 0) is 6.61 Å². The van der Waals surface area contributed by atoms with Crippen LogP contribution < -0.4 is 4.74 Å². The Labute approximate surface area is 91.4 Å². The fourth-order valence-electron chi connectivity index (χ4n) is 1.19. The van der Waals surface area contributed by atoms with Crippen LogP contribution in [0.5, 0.6) is 5.75 Å². The van der Waals surface area contributed by atoms with Crippen LogP contribution in [-0.4, -0.2) is 4.98 Å². The van der Waals surface area contributed by atoms with E-state index < -0.39 is 0 Å². The van der Waals surface area contributed by atoms with Gasteiger partial charge in [-0.15, -0.1) is 11.3 Å². The minimum atomic E-state index is -0.298.